The molecule has 346 valence electrons. The van der Waals surface area contributed by atoms with Crippen molar-refractivity contribution in [1.82, 2.24) is 4.57 Å². The molecular weight excluding hydrogens is 863 g/mol. The number of hydrogen-bond acceptors (Lipinski definition) is 4. The molecule has 1 fully saturated rings. The first-order valence-corrected chi connectivity index (χ1v) is 25.6. The molecule has 0 N–H and O–H groups in total. The highest BCUT2D eigenvalue weighted by atomic mass is 15.2. The molecule has 10 aromatic rings. The third-order valence-electron chi connectivity index (χ3n) is 15.6. The first-order valence-electron chi connectivity index (χ1n) is 25.6. The van der Waals surface area contributed by atoms with E-state index in [0.29, 0.717) is 18.0 Å². The summed E-state index contributed by atoms with van der Waals surface area (Å²) in [4.78, 5) is 10.4. The predicted molar refractivity (Wildman–Crippen MR) is 299 cm³/mol. The van der Waals surface area contributed by atoms with Gasteiger partial charge in [0.25, 0.3) is 0 Å². The standard InChI is InChI=1S/C66H57N5/c1-2-61-57(55-32-18-20-34-62(55)69(61)49-26-12-5-13-27-49)42-43-67(47-22-8-3-9-23-47)52-36-39-65-59(44-52)60-46-54(38-41-66(60)71(65)51-30-16-7-17-31-51)68(48-24-10-4-11-25-48)53-37-40-64-58(45-53)56-33-19-21-35-63(56)70(64)50-28-14-6-15-29-50/h3-35,37-38,40-42,45-46,52,59,61,65H,2,36,39,43-44H2,1H3/b57-42-/t52?,59-,61?,65?/m1/s1. The van der Waals surface area contributed by atoms with Crippen molar-refractivity contribution in [2.24, 2.45) is 0 Å². The molecule has 3 heterocycles. The molecule has 2 aliphatic heterocycles. The fourth-order valence-corrected chi connectivity index (χ4v) is 12.6. The lowest BCUT2D eigenvalue weighted by atomic mass is 9.78. The van der Waals surface area contributed by atoms with Crippen LogP contribution in [0.3, 0.4) is 0 Å². The minimum atomic E-state index is 0.262. The van der Waals surface area contributed by atoms with Crippen LogP contribution in [0.15, 0.2) is 243 Å². The number of anilines is 8. The van der Waals surface area contributed by atoms with E-state index in [2.05, 4.69) is 274 Å². The fourth-order valence-electron chi connectivity index (χ4n) is 12.6. The van der Waals surface area contributed by atoms with Crippen molar-refractivity contribution in [2.75, 3.05) is 26.1 Å². The van der Waals surface area contributed by atoms with Crippen LogP contribution < -0.4 is 19.6 Å². The zero-order valence-electron chi connectivity index (χ0n) is 40.2. The van der Waals surface area contributed by atoms with Gasteiger partial charge in [-0.05, 0) is 146 Å². The Morgan fingerprint density at radius 3 is 1.77 bits per heavy atom. The molecule has 71 heavy (non-hydrogen) atoms. The Kier molecular flexibility index (Phi) is 11.0. The van der Waals surface area contributed by atoms with Crippen LogP contribution in [0.25, 0.3) is 33.1 Å². The quantitative estimate of drug-likeness (QED) is 0.129. The molecule has 3 unspecified atom stereocenters. The third-order valence-corrected chi connectivity index (χ3v) is 15.6. The van der Waals surface area contributed by atoms with Crippen molar-refractivity contribution in [2.45, 2.75) is 56.7 Å². The van der Waals surface area contributed by atoms with Crippen LogP contribution in [0.4, 0.5) is 45.5 Å². The van der Waals surface area contributed by atoms with Crippen molar-refractivity contribution in [3.8, 4) is 5.69 Å². The second-order valence-corrected chi connectivity index (χ2v) is 19.4. The zero-order chi connectivity index (χ0) is 47.3. The monoisotopic (exact) mass is 919 g/mol. The van der Waals surface area contributed by atoms with E-state index in [1.807, 2.05) is 0 Å². The molecule has 1 aliphatic carbocycles. The van der Waals surface area contributed by atoms with Gasteiger partial charge in [-0.1, -0.05) is 140 Å². The second kappa shape index (κ2) is 18.2. The Balaban J connectivity index is 0.903. The Bertz CT molecular complexity index is 3520. The first kappa shape index (κ1) is 42.8. The van der Waals surface area contributed by atoms with Crippen molar-refractivity contribution < 1.29 is 0 Å². The molecule has 4 atom stereocenters. The molecule has 1 saturated carbocycles. The lowest BCUT2D eigenvalue weighted by Crippen LogP contribution is -2.44. The largest absolute Gasteiger partial charge is 0.365 e. The van der Waals surface area contributed by atoms with E-state index in [0.717, 1.165) is 43.6 Å². The van der Waals surface area contributed by atoms with Gasteiger partial charge < -0.3 is 24.2 Å². The van der Waals surface area contributed by atoms with Crippen LogP contribution in [0.5, 0.6) is 0 Å². The van der Waals surface area contributed by atoms with E-state index in [1.165, 1.54) is 78.3 Å². The highest BCUT2D eigenvalue weighted by molar-refractivity contribution is 6.10. The summed E-state index contributed by atoms with van der Waals surface area (Å²) in [5.74, 6) is 0.330. The van der Waals surface area contributed by atoms with Gasteiger partial charge in [0.2, 0.25) is 0 Å². The molecule has 5 heteroatoms. The van der Waals surface area contributed by atoms with Crippen molar-refractivity contribution in [1.29, 1.82) is 0 Å². The molecule has 0 saturated heterocycles. The van der Waals surface area contributed by atoms with Crippen molar-refractivity contribution in [3.05, 3.63) is 254 Å². The number of hydrogen-bond donors (Lipinski definition) is 0. The maximum absolute atomic E-state index is 2.73. The molecule has 3 aliphatic rings. The number of para-hydroxylation sites is 7. The SMILES string of the molecule is CCC1/C(=C\CN(c2ccccc2)C2CCC3[C@H](C2)c2cc(N(c4ccccc4)c4ccc5c(c4)c4ccccc4n5-c4ccccc4)ccc2N3c2ccccc2)c2ccccc2N1c1ccccc1. The number of fused-ring (bicyclic) bond motifs is 7. The summed E-state index contributed by atoms with van der Waals surface area (Å²) in [6, 6.07) is 88.1. The third kappa shape index (κ3) is 7.46. The Morgan fingerprint density at radius 1 is 0.479 bits per heavy atom. The summed E-state index contributed by atoms with van der Waals surface area (Å²) < 4.78 is 2.40. The first-order chi connectivity index (χ1) is 35.2. The van der Waals surface area contributed by atoms with Gasteiger partial charge in [-0.2, -0.15) is 0 Å². The lowest BCUT2D eigenvalue weighted by molar-refractivity contribution is 0.349. The summed E-state index contributed by atoms with van der Waals surface area (Å²) in [5.41, 5.74) is 17.7. The van der Waals surface area contributed by atoms with Gasteiger partial charge in [0.15, 0.2) is 0 Å². The molecule has 1 aromatic heterocycles. The average molecular weight is 920 g/mol. The van der Waals surface area contributed by atoms with Crippen LogP contribution in [-0.4, -0.2) is 29.2 Å². The maximum atomic E-state index is 2.73. The van der Waals surface area contributed by atoms with E-state index in [9.17, 15) is 0 Å². The molecule has 5 nitrogen and oxygen atoms in total. The summed E-state index contributed by atoms with van der Waals surface area (Å²) >= 11 is 0. The highest BCUT2D eigenvalue weighted by Gasteiger charge is 2.45. The topological polar surface area (TPSA) is 17.9 Å². The predicted octanol–water partition coefficient (Wildman–Crippen LogP) is 16.9. The van der Waals surface area contributed by atoms with Gasteiger partial charge in [0, 0.05) is 92.1 Å². The van der Waals surface area contributed by atoms with E-state index in [4.69, 9.17) is 0 Å². The number of benzene rings is 9. The van der Waals surface area contributed by atoms with Crippen LogP contribution in [0.1, 0.15) is 49.7 Å². The Labute approximate surface area is 417 Å². The van der Waals surface area contributed by atoms with Gasteiger partial charge >= 0.3 is 0 Å². The average Bonchev–Trinajstić information content (AvgIpc) is 4.07. The smallest absolute Gasteiger partial charge is 0.0593 e. The van der Waals surface area contributed by atoms with E-state index < -0.39 is 0 Å². The van der Waals surface area contributed by atoms with Crippen LogP contribution in [0.2, 0.25) is 0 Å². The van der Waals surface area contributed by atoms with Gasteiger partial charge in [-0.25, -0.2) is 0 Å². The Hall–Kier alpha value is -8.28. The summed E-state index contributed by atoms with van der Waals surface area (Å²) in [6.45, 7) is 3.18. The minimum absolute atomic E-state index is 0.262. The molecule has 0 amide bonds. The minimum Gasteiger partial charge on any atom is -0.365 e. The van der Waals surface area contributed by atoms with Gasteiger partial charge in [0.1, 0.15) is 0 Å². The maximum Gasteiger partial charge on any atom is 0.0593 e. The van der Waals surface area contributed by atoms with Gasteiger partial charge in [0.05, 0.1) is 17.1 Å². The van der Waals surface area contributed by atoms with E-state index in [1.54, 1.807) is 0 Å². The van der Waals surface area contributed by atoms with E-state index in [-0.39, 0.29) is 6.04 Å². The number of aromatic nitrogens is 1. The van der Waals surface area contributed by atoms with Crippen molar-refractivity contribution >= 4 is 72.9 Å². The van der Waals surface area contributed by atoms with Gasteiger partial charge in [-0.3, -0.25) is 0 Å². The van der Waals surface area contributed by atoms with Crippen molar-refractivity contribution in [3.63, 3.8) is 0 Å². The van der Waals surface area contributed by atoms with E-state index >= 15 is 0 Å². The molecule has 13 rings (SSSR count). The number of nitrogens with zero attached hydrogens (tertiary/aromatic N) is 5. The van der Waals surface area contributed by atoms with Crippen LogP contribution in [0, 0.1) is 0 Å². The zero-order valence-corrected chi connectivity index (χ0v) is 40.2. The normalized spacial score (nSPS) is 18.7. The van der Waals surface area contributed by atoms with Gasteiger partial charge in [-0.15, -0.1) is 0 Å². The molecule has 9 aromatic carbocycles. The Morgan fingerprint density at radius 2 is 1.06 bits per heavy atom. The summed E-state index contributed by atoms with van der Waals surface area (Å²) in [6.07, 6.45) is 6.86. The molecule has 0 radical (unpaired) electrons. The molecule has 0 bridgehead atoms. The number of rotatable bonds is 11. The fraction of sp³-hybridized carbons (Fsp3) is 0.152. The second-order valence-electron chi connectivity index (χ2n) is 19.4. The summed E-state index contributed by atoms with van der Waals surface area (Å²) in [5, 5.41) is 2.49. The molecule has 0 spiro atoms. The molecular formula is C66H57N5. The van der Waals surface area contributed by atoms with Crippen LogP contribution >= 0.6 is 0 Å². The highest BCUT2D eigenvalue weighted by Crippen LogP contribution is 2.54. The lowest BCUT2D eigenvalue weighted by Gasteiger charge is -2.42. The summed E-state index contributed by atoms with van der Waals surface area (Å²) in [7, 11) is 0. The van der Waals surface area contributed by atoms with Crippen LogP contribution in [-0.2, 0) is 0 Å².